The minimum Gasteiger partial charge on any atom is -0.490 e. The highest BCUT2D eigenvalue weighted by molar-refractivity contribution is 9.10. The molecule has 17 heavy (non-hydrogen) atoms. The van der Waals surface area contributed by atoms with Crippen molar-refractivity contribution in [2.45, 2.75) is 52.8 Å². The van der Waals surface area contributed by atoms with Crippen molar-refractivity contribution in [3.8, 4) is 5.75 Å². The Labute approximate surface area is 113 Å². The zero-order valence-electron chi connectivity index (χ0n) is 11.1. The summed E-state index contributed by atoms with van der Waals surface area (Å²) in [5.74, 6) is 0.910. The minimum atomic E-state index is 0.204. The third-order valence-electron chi connectivity index (χ3n) is 2.63. The highest BCUT2D eigenvalue weighted by atomic mass is 79.9. The molecule has 0 aromatic heterocycles. The summed E-state index contributed by atoms with van der Waals surface area (Å²) in [6.45, 7) is 9.35. The first-order chi connectivity index (χ1) is 8.02. The van der Waals surface area contributed by atoms with Crippen LogP contribution in [0.4, 0.5) is 0 Å². The van der Waals surface area contributed by atoms with Crippen molar-refractivity contribution < 1.29 is 4.74 Å². The molecule has 1 unspecified atom stereocenters. The van der Waals surface area contributed by atoms with Gasteiger partial charge in [-0.25, -0.2) is 0 Å². The van der Waals surface area contributed by atoms with Gasteiger partial charge in [0, 0.05) is 12.6 Å². The number of benzene rings is 1. The van der Waals surface area contributed by atoms with Gasteiger partial charge in [0.1, 0.15) is 5.75 Å². The predicted molar refractivity (Wildman–Crippen MR) is 76.5 cm³/mol. The Morgan fingerprint density at radius 2 is 2.00 bits per heavy atom. The zero-order chi connectivity index (χ0) is 12.8. The number of ether oxygens (including phenoxy) is 1. The Balaban J connectivity index is 2.62. The number of hydrogen-bond donors (Lipinski definition) is 1. The van der Waals surface area contributed by atoms with Crippen molar-refractivity contribution in [3.63, 3.8) is 0 Å². The minimum absolute atomic E-state index is 0.204. The van der Waals surface area contributed by atoms with Crippen molar-refractivity contribution in [2.75, 3.05) is 0 Å². The van der Waals surface area contributed by atoms with Gasteiger partial charge in [-0.2, -0.15) is 0 Å². The van der Waals surface area contributed by atoms with Gasteiger partial charge < -0.3 is 10.1 Å². The lowest BCUT2D eigenvalue weighted by Crippen LogP contribution is -2.24. The van der Waals surface area contributed by atoms with Crippen LogP contribution in [-0.2, 0) is 6.54 Å². The van der Waals surface area contributed by atoms with Crippen molar-refractivity contribution in [2.24, 2.45) is 0 Å². The number of nitrogens with one attached hydrogen (secondary N) is 1. The quantitative estimate of drug-likeness (QED) is 0.853. The molecule has 0 aliphatic heterocycles. The Bertz CT molecular complexity index is 352. The van der Waals surface area contributed by atoms with Gasteiger partial charge in [0.25, 0.3) is 0 Å². The molecule has 0 aliphatic carbocycles. The van der Waals surface area contributed by atoms with E-state index in [2.05, 4.69) is 47.2 Å². The molecular weight excluding hydrogens is 278 g/mol. The van der Waals surface area contributed by atoms with E-state index in [0.29, 0.717) is 6.04 Å². The van der Waals surface area contributed by atoms with Crippen LogP contribution < -0.4 is 10.1 Å². The lowest BCUT2D eigenvalue weighted by Gasteiger charge is -2.14. The van der Waals surface area contributed by atoms with Crippen LogP contribution in [0.3, 0.4) is 0 Å². The molecule has 0 bridgehead atoms. The van der Waals surface area contributed by atoms with Crippen LogP contribution in [0.2, 0.25) is 0 Å². The Morgan fingerprint density at radius 3 is 2.53 bits per heavy atom. The Hall–Kier alpha value is -0.540. The molecular formula is C14H22BrNO. The van der Waals surface area contributed by atoms with Crippen LogP contribution in [0.1, 0.15) is 39.7 Å². The van der Waals surface area contributed by atoms with Crippen LogP contribution in [0, 0.1) is 0 Å². The lowest BCUT2D eigenvalue weighted by atomic mass is 10.2. The van der Waals surface area contributed by atoms with Crippen LogP contribution >= 0.6 is 15.9 Å². The van der Waals surface area contributed by atoms with E-state index in [-0.39, 0.29) is 6.10 Å². The summed E-state index contributed by atoms with van der Waals surface area (Å²) in [6, 6.07) is 6.81. The van der Waals surface area contributed by atoms with Crippen LogP contribution in [-0.4, -0.2) is 12.1 Å². The van der Waals surface area contributed by atoms with E-state index in [9.17, 15) is 0 Å². The first kappa shape index (κ1) is 14.5. The maximum atomic E-state index is 5.68. The second-order valence-electron chi connectivity index (χ2n) is 4.62. The average Bonchev–Trinajstić information content (AvgIpc) is 2.28. The second-order valence-corrected chi connectivity index (χ2v) is 5.48. The van der Waals surface area contributed by atoms with Crippen molar-refractivity contribution in [3.05, 3.63) is 28.2 Å². The van der Waals surface area contributed by atoms with Gasteiger partial charge in [-0.05, 0) is 60.8 Å². The highest BCUT2D eigenvalue weighted by Gasteiger charge is 2.05. The SMILES string of the molecule is CCC(C)NCc1ccc(OC(C)C)c(Br)c1. The maximum Gasteiger partial charge on any atom is 0.133 e. The predicted octanol–water partition coefficient (Wildman–Crippen LogP) is 4.12. The normalized spacial score (nSPS) is 12.8. The van der Waals surface area contributed by atoms with Gasteiger partial charge in [-0.3, -0.25) is 0 Å². The van der Waals surface area contributed by atoms with Gasteiger partial charge in [-0.15, -0.1) is 0 Å². The van der Waals surface area contributed by atoms with E-state index in [4.69, 9.17) is 4.74 Å². The average molecular weight is 300 g/mol. The van der Waals surface area contributed by atoms with E-state index in [1.807, 2.05) is 19.9 Å². The van der Waals surface area contributed by atoms with Gasteiger partial charge in [-0.1, -0.05) is 13.0 Å². The molecule has 0 heterocycles. The van der Waals surface area contributed by atoms with Crippen LogP contribution in [0.5, 0.6) is 5.75 Å². The molecule has 1 N–H and O–H groups in total. The van der Waals surface area contributed by atoms with E-state index in [1.54, 1.807) is 0 Å². The first-order valence-corrected chi connectivity index (χ1v) is 7.00. The Morgan fingerprint density at radius 1 is 1.29 bits per heavy atom. The highest BCUT2D eigenvalue weighted by Crippen LogP contribution is 2.26. The fraction of sp³-hybridized carbons (Fsp3) is 0.571. The third-order valence-corrected chi connectivity index (χ3v) is 3.25. The smallest absolute Gasteiger partial charge is 0.133 e. The molecule has 3 heteroatoms. The number of rotatable bonds is 6. The van der Waals surface area contributed by atoms with Crippen LogP contribution in [0.15, 0.2) is 22.7 Å². The fourth-order valence-electron chi connectivity index (χ4n) is 1.44. The summed E-state index contributed by atoms with van der Waals surface area (Å²) in [6.07, 6.45) is 1.35. The van der Waals surface area contributed by atoms with Crippen molar-refractivity contribution in [1.82, 2.24) is 5.32 Å². The van der Waals surface area contributed by atoms with Gasteiger partial charge >= 0.3 is 0 Å². The number of halogens is 1. The van der Waals surface area contributed by atoms with Gasteiger partial charge in [0.15, 0.2) is 0 Å². The first-order valence-electron chi connectivity index (χ1n) is 6.21. The summed E-state index contributed by atoms with van der Waals surface area (Å²) in [5.41, 5.74) is 1.27. The monoisotopic (exact) mass is 299 g/mol. The summed E-state index contributed by atoms with van der Waals surface area (Å²) >= 11 is 3.55. The molecule has 0 fully saturated rings. The molecule has 0 saturated heterocycles. The van der Waals surface area contributed by atoms with Gasteiger partial charge in [0.2, 0.25) is 0 Å². The van der Waals surface area contributed by atoms with Crippen LogP contribution in [0.25, 0.3) is 0 Å². The lowest BCUT2D eigenvalue weighted by molar-refractivity contribution is 0.241. The number of hydrogen-bond acceptors (Lipinski definition) is 2. The van der Waals surface area contributed by atoms with Crippen molar-refractivity contribution >= 4 is 15.9 Å². The summed E-state index contributed by atoms with van der Waals surface area (Å²) in [7, 11) is 0. The largest absolute Gasteiger partial charge is 0.490 e. The molecule has 2 nitrogen and oxygen atoms in total. The topological polar surface area (TPSA) is 21.3 Å². The second kappa shape index (κ2) is 7.02. The maximum absolute atomic E-state index is 5.68. The van der Waals surface area contributed by atoms with Gasteiger partial charge in [0.05, 0.1) is 10.6 Å². The standard InChI is InChI=1S/C14H22BrNO/c1-5-11(4)16-9-12-6-7-14(13(15)8-12)17-10(2)3/h6-8,10-11,16H,5,9H2,1-4H3. The van der Waals surface area contributed by atoms with Crippen molar-refractivity contribution in [1.29, 1.82) is 0 Å². The molecule has 0 spiro atoms. The molecule has 96 valence electrons. The molecule has 1 aromatic rings. The molecule has 0 radical (unpaired) electrons. The van der Waals surface area contributed by atoms with E-state index in [1.165, 1.54) is 5.56 Å². The third kappa shape index (κ3) is 5.09. The van der Waals surface area contributed by atoms with E-state index in [0.717, 1.165) is 23.2 Å². The fourth-order valence-corrected chi connectivity index (χ4v) is 1.96. The molecule has 0 saturated carbocycles. The Kier molecular flexibility index (Phi) is 6.00. The molecule has 1 rings (SSSR count). The summed E-state index contributed by atoms with van der Waals surface area (Å²) < 4.78 is 6.70. The molecule has 1 atom stereocenters. The summed E-state index contributed by atoms with van der Waals surface area (Å²) in [4.78, 5) is 0. The molecule has 1 aromatic carbocycles. The molecule has 0 amide bonds. The zero-order valence-corrected chi connectivity index (χ0v) is 12.7. The summed E-state index contributed by atoms with van der Waals surface area (Å²) in [5, 5.41) is 3.47. The molecule has 0 aliphatic rings. The van der Waals surface area contributed by atoms with E-state index < -0.39 is 0 Å². The van der Waals surface area contributed by atoms with E-state index >= 15 is 0 Å².